The van der Waals surface area contributed by atoms with Crippen LogP contribution in [0.1, 0.15) is 36.8 Å². The number of nitrogen functional groups attached to an aromatic ring is 1. The molecule has 1 fully saturated rings. The topological polar surface area (TPSA) is 73.1 Å². The van der Waals surface area contributed by atoms with E-state index in [0.29, 0.717) is 0 Å². The number of hydrogen-bond acceptors (Lipinski definition) is 6. The second-order valence-electron chi connectivity index (χ2n) is 4.64. The SMILES string of the molecule is CC1(c2nc3c(c(NN)n2)CSC3)CCCO1. The number of hydrogen-bond donors (Lipinski definition) is 2. The molecule has 0 amide bonds. The van der Waals surface area contributed by atoms with Crippen molar-refractivity contribution in [2.45, 2.75) is 36.9 Å². The van der Waals surface area contributed by atoms with E-state index in [4.69, 9.17) is 10.6 Å². The minimum atomic E-state index is -0.339. The lowest BCUT2D eigenvalue weighted by atomic mass is 10.0. The van der Waals surface area contributed by atoms with Crippen molar-refractivity contribution in [3.8, 4) is 0 Å². The van der Waals surface area contributed by atoms with Crippen LogP contribution in [-0.4, -0.2) is 16.6 Å². The summed E-state index contributed by atoms with van der Waals surface area (Å²) in [6.45, 7) is 2.85. The molecule has 0 spiro atoms. The average molecular weight is 252 g/mol. The van der Waals surface area contributed by atoms with Gasteiger partial charge in [-0.05, 0) is 19.8 Å². The van der Waals surface area contributed by atoms with Crippen LogP contribution in [0.2, 0.25) is 0 Å². The highest BCUT2D eigenvalue weighted by Crippen LogP contribution is 2.38. The fourth-order valence-corrected chi connectivity index (χ4v) is 3.40. The Morgan fingerprint density at radius 1 is 1.41 bits per heavy atom. The van der Waals surface area contributed by atoms with Crippen molar-refractivity contribution in [1.29, 1.82) is 0 Å². The van der Waals surface area contributed by atoms with Gasteiger partial charge in [0.2, 0.25) is 0 Å². The van der Waals surface area contributed by atoms with Crippen LogP contribution in [0.15, 0.2) is 0 Å². The van der Waals surface area contributed by atoms with E-state index in [1.807, 2.05) is 11.8 Å². The standard InChI is InChI=1S/C11H16N4OS/c1-11(3-2-4-16-11)10-13-8-6-17-5-7(8)9(14-10)15-12/h2-6,12H2,1H3,(H,13,14,15). The first-order valence-electron chi connectivity index (χ1n) is 5.81. The highest BCUT2D eigenvalue weighted by molar-refractivity contribution is 7.98. The van der Waals surface area contributed by atoms with Gasteiger partial charge in [0.05, 0.1) is 5.69 Å². The molecule has 0 saturated carbocycles. The molecule has 1 aromatic rings. The lowest BCUT2D eigenvalue weighted by molar-refractivity contribution is 0.00929. The molecule has 2 aliphatic rings. The lowest BCUT2D eigenvalue weighted by Crippen LogP contribution is -2.25. The van der Waals surface area contributed by atoms with Crippen LogP contribution in [0.3, 0.4) is 0 Å². The minimum absolute atomic E-state index is 0.339. The number of hydrazine groups is 1. The number of fused-ring (bicyclic) bond motifs is 1. The Balaban J connectivity index is 2.06. The van der Waals surface area contributed by atoms with Crippen molar-refractivity contribution >= 4 is 17.6 Å². The summed E-state index contributed by atoms with van der Waals surface area (Å²) >= 11 is 1.84. The Labute approximate surface area is 105 Å². The fourth-order valence-electron chi connectivity index (χ4n) is 2.36. The first-order chi connectivity index (χ1) is 8.23. The number of nitrogens with one attached hydrogen (secondary N) is 1. The Morgan fingerprint density at radius 3 is 3.00 bits per heavy atom. The molecule has 1 atom stereocenters. The Hall–Kier alpha value is -0.850. The van der Waals surface area contributed by atoms with Crippen LogP contribution >= 0.6 is 11.8 Å². The largest absolute Gasteiger partial charge is 0.367 e. The van der Waals surface area contributed by atoms with Gasteiger partial charge in [0.15, 0.2) is 5.82 Å². The van der Waals surface area contributed by atoms with Gasteiger partial charge in [0, 0.05) is 23.7 Å². The van der Waals surface area contributed by atoms with Crippen LogP contribution in [0.25, 0.3) is 0 Å². The van der Waals surface area contributed by atoms with E-state index in [0.717, 1.165) is 53.9 Å². The first kappa shape index (κ1) is 11.3. The highest BCUT2D eigenvalue weighted by atomic mass is 32.2. The molecule has 3 rings (SSSR count). The Bertz CT molecular complexity index is 445. The molecule has 1 saturated heterocycles. The van der Waals surface area contributed by atoms with Crippen LogP contribution in [0.4, 0.5) is 5.82 Å². The predicted molar refractivity (Wildman–Crippen MR) is 67.4 cm³/mol. The Kier molecular flexibility index (Phi) is 2.72. The van der Waals surface area contributed by atoms with E-state index in [-0.39, 0.29) is 5.60 Å². The van der Waals surface area contributed by atoms with Crippen molar-refractivity contribution in [1.82, 2.24) is 9.97 Å². The van der Waals surface area contributed by atoms with E-state index < -0.39 is 0 Å². The van der Waals surface area contributed by atoms with Gasteiger partial charge >= 0.3 is 0 Å². The quantitative estimate of drug-likeness (QED) is 0.614. The van der Waals surface area contributed by atoms with Gasteiger partial charge in [-0.15, -0.1) is 0 Å². The van der Waals surface area contributed by atoms with Crippen LogP contribution in [-0.2, 0) is 21.8 Å². The third-order valence-electron chi connectivity index (χ3n) is 3.41. The van der Waals surface area contributed by atoms with Crippen LogP contribution < -0.4 is 11.3 Å². The lowest BCUT2D eigenvalue weighted by Gasteiger charge is -2.22. The number of anilines is 1. The molecule has 2 aliphatic heterocycles. The molecule has 0 aliphatic carbocycles. The Morgan fingerprint density at radius 2 is 2.29 bits per heavy atom. The number of nitrogens with two attached hydrogens (primary N) is 1. The zero-order valence-electron chi connectivity index (χ0n) is 9.82. The maximum absolute atomic E-state index is 5.79. The van der Waals surface area contributed by atoms with E-state index in [9.17, 15) is 0 Å². The predicted octanol–water partition coefficient (Wildman–Crippen LogP) is 1.53. The summed E-state index contributed by atoms with van der Waals surface area (Å²) in [4.78, 5) is 9.19. The van der Waals surface area contributed by atoms with Gasteiger partial charge in [-0.1, -0.05) is 0 Å². The van der Waals surface area contributed by atoms with Crippen LogP contribution in [0, 0.1) is 0 Å². The molecule has 6 heteroatoms. The minimum Gasteiger partial charge on any atom is -0.367 e. The van der Waals surface area contributed by atoms with E-state index in [1.165, 1.54) is 0 Å². The summed E-state index contributed by atoms with van der Waals surface area (Å²) < 4.78 is 5.79. The van der Waals surface area contributed by atoms with Gasteiger partial charge in [-0.3, -0.25) is 0 Å². The third kappa shape index (κ3) is 1.80. The molecule has 3 N–H and O–H groups in total. The van der Waals surface area contributed by atoms with Crippen molar-refractivity contribution in [3.05, 3.63) is 17.1 Å². The summed E-state index contributed by atoms with van der Waals surface area (Å²) in [5, 5.41) is 0. The zero-order chi connectivity index (χ0) is 11.9. The van der Waals surface area contributed by atoms with Crippen molar-refractivity contribution in [3.63, 3.8) is 0 Å². The monoisotopic (exact) mass is 252 g/mol. The number of aromatic nitrogens is 2. The summed E-state index contributed by atoms with van der Waals surface area (Å²) in [6.07, 6.45) is 2.04. The van der Waals surface area contributed by atoms with E-state index in [2.05, 4.69) is 22.3 Å². The number of nitrogens with zero attached hydrogens (tertiary/aromatic N) is 2. The van der Waals surface area contributed by atoms with Gasteiger partial charge in [0.1, 0.15) is 11.4 Å². The molecule has 3 heterocycles. The maximum atomic E-state index is 5.79. The fraction of sp³-hybridized carbons (Fsp3) is 0.636. The van der Waals surface area contributed by atoms with Gasteiger partial charge < -0.3 is 10.2 Å². The molecule has 1 unspecified atom stereocenters. The van der Waals surface area contributed by atoms with Gasteiger partial charge in [-0.2, -0.15) is 11.8 Å². The van der Waals surface area contributed by atoms with Gasteiger partial charge in [0.25, 0.3) is 0 Å². The zero-order valence-corrected chi connectivity index (χ0v) is 10.6. The molecule has 0 aromatic carbocycles. The number of rotatable bonds is 2. The summed E-state index contributed by atoms with van der Waals surface area (Å²) in [5.74, 6) is 8.94. The molecule has 1 aromatic heterocycles. The van der Waals surface area contributed by atoms with Gasteiger partial charge in [-0.25, -0.2) is 15.8 Å². The molecule has 0 bridgehead atoms. The highest BCUT2D eigenvalue weighted by Gasteiger charge is 2.36. The summed E-state index contributed by atoms with van der Waals surface area (Å²) in [6, 6.07) is 0. The third-order valence-corrected chi connectivity index (χ3v) is 4.38. The van der Waals surface area contributed by atoms with E-state index >= 15 is 0 Å². The van der Waals surface area contributed by atoms with Crippen molar-refractivity contribution < 1.29 is 4.74 Å². The molecular formula is C11H16N4OS. The molecule has 5 nitrogen and oxygen atoms in total. The normalized spacial score (nSPS) is 27.2. The summed E-state index contributed by atoms with van der Waals surface area (Å²) in [7, 11) is 0. The number of ether oxygens (including phenoxy) is 1. The molecule has 0 radical (unpaired) electrons. The first-order valence-corrected chi connectivity index (χ1v) is 6.97. The molecule has 17 heavy (non-hydrogen) atoms. The molecular weight excluding hydrogens is 236 g/mol. The van der Waals surface area contributed by atoms with Crippen molar-refractivity contribution in [2.24, 2.45) is 5.84 Å². The smallest absolute Gasteiger partial charge is 0.162 e. The van der Waals surface area contributed by atoms with Crippen LogP contribution in [0.5, 0.6) is 0 Å². The number of thioether (sulfide) groups is 1. The maximum Gasteiger partial charge on any atom is 0.162 e. The van der Waals surface area contributed by atoms with E-state index in [1.54, 1.807) is 0 Å². The summed E-state index contributed by atoms with van der Waals surface area (Å²) in [5.41, 5.74) is 4.59. The second kappa shape index (κ2) is 4.12. The van der Waals surface area contributed by atoms with Crippen molar-refractivity contribution in [2.75, 3.05) is 12.0 Å². The average Bonchev–Trinajstić information content (AvgIpc) is 2.96. The second-order valence-corrected chi connectivity index (χ2v) is 5.63. The molecule has 92 valence electrons.